The van der Waals surface area contributed by atoms with Gasteiger partial charge < -0.3 is 14.8 Å². The van der Waals surface area contributed by atoms with Crippen molar-refractivity contribution in [3.8, 4) is 0 Å². The third-order valence-corrected chi connectivity index (χ3v) is 5.47. The van der Waals surface area contributed by atoms with Crippen LogP contribution in [0.1, 0.15) is 48.0 Å². The van der Waals surface area contributed by atoms with E-state index in [2.05, 4.69) is 12.1 Å². The second-order valence-corrected chi connectivity index (χ2v) is 6.95. The Kier molecular flexibility index (Phi) is 5.86. The van der Waals surface area contributed by atoms with Crippen LogP contribution >= 0.6 is 0 Å². The Bertz CT molecular complexity index is 777. The van der Waals surface area contributed by atoms with Crippen molar-refractivity contribution in [3.05, 3.63) is 71.3 Å². The molecule has 5 heteroatoms. The molecule has 4 nitrogen and oxygen atoms in total. The molecule has 0 saturated carbocycles. The third-order valence-electron chi connectivity index (χ3n) is 5.47. The number of carbonyl (C=O) groups excluding carboxylic acids is 2. The maximum atomic E-state index is 12.9. The van der Waals surface area contributed by atoms with Gasteiger partial charge in [-0.3, -0.25) is 4.79 Å². The SMILES string of the molecule is O=C([O-])C(CC(=O)N1[C@H]2CC[C@H]1c1ccccc12)Cc1ccccc1.[Na+]. The van der Waals surface area contributed by atoms with Crippen molar-refractivity contribution >= 4 is 11.9 Å². The normalized spacial score (nSPS) is 21.0. The number of carboxylic acids is 1. The first-order valence-corrected chi connectivity index (χ1v) is 8.80. The van der Waals surface area contributed by atoms with Crippen molar-refractivity contribution in [2.75, 3.05) is 0 Å². The van der Waals surface area contributed by atoms with Gasteiger partial charge in [-0.25, -0.2) is 0 Å². The van der Waals surface area contributed by atoms with Crippen LogP contribution in [0.4, 0.5) is 0 Å². The van der Waals surface area contributed by atoms with Crippen LogP contribution < -0.4 is 34.7 Å². The summed E-state index contributed by atoms with van der Waals surface area (Å²) in [5, 5.41) is 11.6. The van der Waals surface area contributed by atoms with Gasteiger partial charge in [0.25, 0.3) is 0 Å². The van der Waals surface area contributed by atoms with Crippen molar-refractivity contribution in [3.63, 3.8) is 0 Å². The number of carbonyl (C=O) groups is 2. The van der Waals surface area contributed by atoms with E-state index < -0.39 is 11.9 Å². The molecule has 0 aliphatic carbocycles. The molecule has 0 radical (unpaired) electrons. The molecule has 1 saturated heterocycles. The fraction of sp³-hybridized carbons (Fsp3) is 0.333. The average molecular weight is 357 g/mol. The number of hydrogen-bond donors (Lipinski definition) is 0. The van der Waals surface area contributed by atoms with Crippen molar-refractivity contribution < 1.29 is 44.3 Å². The van der Waals surface area contributed by atoms with Crippen LogP contribution in [0.3, 0.4) is 0 Å². The van der Waals surface area contributed by atoms with E-state index in [-0.39, 0.29) is 54.0 Å². The van der Waals surface area contributed by atoms with E-state index >= 15 is 0 Å². The van der Waals surface area contributed by atoms with Gasteiger partial charge in [0.1, 0.15) is 0 Å². The molecule has 1 fully saturated rings. The second-order valence-electron chi connectivity index (χ2n) is 6.95. The number of rotatable bonds is 5. The molecule has 128 valence electrons. The molecule has 1 amide bonds. The van der Waals surface area contributed by atoms with Gasteiger partial charge in [0.15, 0.2) is 0 Å². The minimum atomic E-state index is -1.15. The summed E-state index contributed by atoms with van der Waals surface area (Å²) in [4.78, 5) is 26.4. The van der Waals surface area contributed by atoms with E-state index in [0.717, 1.165) is 18.4 Å². The summed E-state index contributed by atoms with van der Waals surface area (Å²) in [6, 6.07) is 17.8. The number of aliphatic carboxylic acids is 1. The molecule has 2 heterocycles. The number of fused-ring (bicyclic) bond motifs is 5. The van der Waals surface area contributed by atoms with Crippen molar-refractivity contribution in [2.45, 2.75) is 37.8 Å². The molecule has 2 aliphatic heterocycles. The van der Waals surface area contributed by atoms with E-state index in [1.165, 1.54) is 11.1 Å². The minimum Gasteiger partial charge on any atom is -0.550 e. The minimum absolute atomic E-state index is 0. The fourth-order valence-corrected chi connectivity index (χ4v) is 4.34. The quantitative estimate of drug-likeness (QED) is 0.672. The summed E-state index contributed by atoms with van der Waals surface area (Å²) in [6.45, 7) is 0. The molecule has 2 bridgehead atoms. The van der Waals surface area contributed by atoms with Gasteiger partial charge in [-0.1, -0.05) is 54.6 Å². The van der Waals surface area contributed by atoms with E-state index in [4.69, 9.17) is 0 Å². The van der Waals surface area contributed by atoms with Gasteiger partial charge in [-0.05, 0) is 36.0 Å². The topological polar surface area (TPSA) is 60.4 Å². The van der Waals surface area contributed by atoms with Gasteiger partial charge in [-0.2, -0.15) is 0 Å². The van der Waals surface area contributed by atoms with Crippen molar-refractivity contribution in [1.29, 1.82) is 0 Å². The summed E-state index contributed by atoms with van der Waals surface area (Å²) < 4.78 is 0. The number of hydrogen-bond acceptors (Lipinski definition) is 3. The Morgan fingerprint density at radius 3 is 2.04 bits per heavy atom. The van der Waals surface area contributed by atoms with Crippen LogP contribution in [0, 0.1) is 5.92 Å². The van der Waals surface area contributed by atoms with Gasteiger partial charge in [0.05, 0.1) is 12.1 Å². The first-order chi connectivity index (χ1) is 12.1. The van der Waals surface area contributed by atoms with E-state index in [1.807, 2.05) is 47.4 Å². The van der Waals surface area contributed by atoms with Gasteiger partial charge in [0, 0.05) is 18.3 Å². The molecular weight excluding hydrogens is 337 g/mol. The fourth-order valence-electron chi connectivity index (χ4n) is 4.34. The Morgan fingerprint density at radius 1 is 0.962 bits per heavy atom. The first-order valence-electron chi connectivity index (χ1n) is 8.80. The average Bonchev–Trinajstić information content (AvgIpc) is 3.19. The standard InChI is InChI=1S/C21H21NO3.Na/c23-20(13-15(21(24)25)12-14-6-2-1-3-7-14)22-18-10-11-19(22)17-9-5-4-8-16(17)18;/h1-9,15,18-19H,10-13H2,(H,24,25);/q;+1/p-1/t15?,18-,19-;/m0./s1. The number of nitrogens with zero attached hydrogens (tertiary/aromatic N) is 1. The summed E-state index contributed by atoms with van der Waals surface area (Å²) in [6.07, 6.45) is 2.24. The van der Waals surface area contributed by atoms with E-state index in [1.54, 1.807) is 0 Å². The molecule has 2 aromatic rings. The predicted octanol–water partition coefficient (Wildman–Crippen LogP) is -0.592. The van der Waals surface area contributed by atoms with Crippen molar-refractivity contribution in [1.82, 2.24) is 4.90 Å². The Hall–Kier alpha value is -1.62. The zero-order chi connectivity index (χ0) is 17.4. The number of benzene rings is 2. The summed E-state index contributed by atoms with van der Waals surface area (Å²) in [5.41, 5.74) is 3.36. The molecule has 4 rings (SSSR count). The number of amides is 1. The van der Waals surface area contributed by atoms with Crippen molar-refractivity contribution in [2.24, 2.45) is 5.92 Å². The monoisotopic (exact) mass is 357 g/mol. The first kappa shape index (κ1) is 19.2. The Balaban J connectivity index is 0.00000196. The van der Waals surface area contributed by atoms with Gasteiger partial charge >= 0.3 is 29.6 Å². The maximum absolute atomic E-state index is 12.9. The van der Waals surface area contributed by atoms with E-state index in [0.29, 0.717) is 6.42 Å². The van der Waals surface area contributed by atoms with E-state index in [9.17, 15) is 14.7 Å². The number of carboxylic acid groups (broad SMARTS) is 1. The molecule has 1 unspecified atom stereocenters. The molecular formula is C21H20NNaO3. The molecule has 0 spiro atoms. The van der Waals surface area contributed by atoms with Crippen LogP contribution in [-0.2, 0) is 16.0 Å². The zero-order valence-electron chi connectivity index (χ0n) is 14.9. The second kappa shape index (κ2) is 7.95. The van der Waals surface area contributed by atoms with Crippen LogP contribution in [0.15, 0.2) is 54.6 Å². The smallest absolute Gasteiger partial charge is 0.550 e. The van der Waals surface area contributed by atoms with Crippen LogP contribution in [-0.4, -0.2) is 16.8 Å². The Morgan fingerprint density at radius 2 is 1.50 bits per heavy atom. The third kappa shape index (κ3) is 3.46. The summed E-state index contributed by atoms with van der Waals surface area (Å²) >= 11 is 0. The van der Waals surface area contributed by atoms with Gasteiger partial charge in [-0.15, -0.1) is 0 Å². The molecule has 26 heavy (non-hydrogen) atoms. The van der Waals surface area contributed by atoms with Crippen LogP contribution in [0.2, 0.25) is 0 Å². The summed E-state index contributed by atoms with van der Waals surface area (Å²) in [5.74, 6) is -2.02. The predicted molar refractivity (Wildman–Crippen MR) is 91.3 cm³/mol. The maximum Gasteiger partial charge on any atom is 1.00 e. The van der Waals surface area contributed by atoms with Crippen LogP contribution in [0.25, 0.3) is 0 Å². The Labute approximate surface area is 175 Å². The molecule has 3 atom stereocenters. The zero-order valence-corrected chi connectivity index (χ0v) is 16.9. The summed E-state index contributed by atoms with van der Waals surface area (Å²) in [7, 11) is 0. The molecule has 2 aromatic carbocycles. The molecule has 0 N–H and O–H groups in total. The molecule has 0 aromatic heterocycles. The largest absolute Gasteiger partial charge is 1.00 e. The van der Waals surface area contributed by atoms with Crippen LogP contribution in [0.5, 0.6) is 0 Å². The molecule has 2 aliphatic rings. The van der Waals surface area contributed by atoms with Gasteiger partial charge in [0.2, 0.25) is 5.91 Å².